The Hall–Kier alpha value is -2.13. The molecule has 0 radical (unpaired) electrons. The third-order valence-corrected chi connectivity index (χ3v) is 3.05. The lowest BCUT2D eigenvalue weighted by atomic mass is 10.0. The Morgan fingerprint density at radius 1 is 1.55 bits per heavy atom. The molecule has 1 rings (SSSR count). The van der Waals surface area contributed by atoms with Gasteiger partial charge in [0.25, 0.3) is 5.69 Å². The van der Waals surface area contributed by atoms with E-state index < -0.39 is 10.5 Å². The number of rotatable bonds is 7. The molecule has 0 amide bonds. The first kappa shape index (κ1) is 15.9. The highest BCUT2D eigenvalue weighted by Crippen LogP contribution is 2.23. The Balaban J connectivity index is 2.61. The van der Waals surface area contributed by atoms with Gasteiger partial charge in [0.05, 0.1) is 17.6 Å². The van der Waals surface area contributed by atoms with Crippen molar-refractivity contribution in [2.45, 2.75) is 32.7 Å². The summed E-state index contributed by atoms with van der Waals surface area (Å²) < 4.78 is 5.55. The second-order valence-corrected chi connectivity index (χ2v) is 4.78. The van der Waals surface area contributed by atoms with Crippen LogP contribution in [-0.4, -0.2) is 23.6 Å². The van der Waals surface area contributed by atoms with Gasteiger partial charge in [-0.05, 0) is 32.5 Å². The van der Waals surface area contributed by atoms with E-state index >= 15 is 0 Å². The van der Waals surface area contributed by atoms with Crippen molar-refractivity contribution in [2.75, 3.05) is 13.2 Å². The topological polar surface area (TPSA) is 88.2 Å². The van der Waals surface area contributed by atoms with Gasteiger partial charge in [-0.25, -0.2) is 0 Å². The molecule has 1 unspecified atom stereocenters. The van der Waals surface area contributed by atoms with Crippen LogP contribution in [0.1, 0.15) is 25.8 Å². The summed E-state index contributed by atoms with van der Waals surface area (Å²) >= 11 is 0. The summed E-state index contributed by atoms with van der Waals surface area (Å²) in [6.07, 6.45) is 0.535. The molecule has 1 N–H and O–H groups in total. The third kappa shape index (κ3) is 4.21. The van der Waals surface area contributed by atoms with Crippen molar-refractivity contribution >= 4 is 5.69 Å². The molecule has 20 heavy (non-hydrogen) atoms. The highest BCUT2D eigenvalue weighted by molar-refractivity contribution is 5.44. The van der Waals surface area contributed by atoms with Gasteiger partial charge in [-0.1, -0.05) is 6.92 Å². The number of nitrogens with zero attached hydrogens (tertiary/aromatic N) is 2. The van der Waals surface area contributed by atoms with E-state index in [1.807, 2.05) is 13.8 Å². The van der Waals surface area contributed by atoms with Crippen molar-refractivity contribution < 1.29 is 9.66 Å². The van der Waals surface area contributed by atoms with Crippen LogP contribution >= 0.6 is 0 Å². The van der Waals surface area contributed by atoms with Crippen molar-refractivity contribution in [3.63, 3.8) is 0 Å². The SMILES string of the molecule is CCNC(C)(C#N)CCOc1ccc([N+](=O)[O-])c(C)c1. The molecule has 6 nitrogen and oxygen atoms in total. The maximum Gasteiger partial charge on any atom is 0.272 e. The van der Waals surface area contributed by atoms with E-state index in [1.54, 1.807) is 19.1 Å². The highest BCUT2D eigenvalue weighted by Gasteiger charge is 2.22. The molecule has 1 aromatic rings. The van der Waals surface area contributed by atoms with Crippen molar-refractivity contribution in [2.24, 2.45) is 0 Å². The maximum absolute atomic E-state index is 10.7. The van der Waals surface area contributed by atoms with Crippen molar-refractivity contribution in [1.29, 1.82) is 5.26 Å². The number of nitro groups is 1. The predicted octanol–water partition coefficient (Wildman–Crippen LogP) is 2.56. The smallest absolute Gasteiger partial charge is 0.272 e. The van der Waals surface area contributed by atoms with Gasteiger partial charge in [0.2, 0.25) is 0 Å². The molecular weight excluding hydrogens is 258 g/mol. The highest BCUT2D eigenvalue weighted by atomic mass is 16.6. The van der Waals surface area contributed by atoms with Crippen LogP contribution in [0, 0.1) is 28.4 Å². The molecule has 1 aromatic carbocycles. The number of hydrogen-bond donors (Lipinski definition) is 1. The van der Waals surface area contributed by atoms with E-state index in [0.29, 0.717) is 30.9 Å². The first-order valence-corrected chi connectivity index (χ1v) is 6.46. The molecule has 0 aliphatic heterocycles. The second kappa shape index (κ2) is 6.87. The van der Waals surface area contributed by atoms with Gasteiger partial charge in [0.1, 0.15) is 11.3 Å². The first-order valence-electron chi connectivity index (χ1n) is 6.46. The van der Waals surface area contributed by atoms with Gasteiger partial charge in [-0.3, -0.25) is 15.4 Å². The lowest BCUT2D eigenvalue weighted by Gasteiger charge is -2.22. The van der Waals surface area contributed by atoms with Gasteiger partial charge in [0, 0.05) is 18.1 Å². The molecule has 0 aromatic heterocycles. The van der Waals surface area contributed by atoms with E-state index in [4.69, 9.17) is 10.00 Å². The molecule has 0 aliphatic rings. The van der Waals surface area contributed by atoms with Crippen LogP contribution in [0.4, 0.5) is 5.69 Å². The van der Waals surface area contributed by atoms with Gasteiger partial charge in [0.15, 0.2) is 0 Å². The zero-order valence-electron chi connectivity index (χ0n) is 12.0. The van der Waals surface area contributed by atoms with Crippen LogP contribution < -0.4 is 10.1 Å². The molecule has 0 saturated carbocycles. The predicted molar refractivity (Wildman–Crippen MR) is 75.6 cm³/mol. The fourth-order valence-corrected chi connectivity index (χ4v) is 1.87. The summed E-state index contributed by atoms with van der Waals surface area (Å²) in [6.45, 7) is 6.51. The van der Waals surface area contributed by atoms with E-state index in [0.717, 1.165) is 0 Å². The number of nitro benzene ring substituents is 1. The Morgan fingerprint density at radius 2 is 2.25 bits per heavy atom. The first-order chi connectivity index (χ1) is 9.41. The van der Waals surface area contributed by atoms with E-state index in [2.05, 4.69) is 11.4 Å². The van der Waals surface area contributed by atoms with Crippen molar-refractivity contribution in [3.8, 4) is 11.8 Å². The van der Waals surface area contributed by atoms with Crippen molar-refractivity contribution in [3.05, 3.63) is 33.9 Å². The summed E-state index contributed by atoms with van der Waals surface area (Å²) in [5, 5.41) is 22.9. The van der Waals surface area contributed by atoms with Gasteiger partial charge < -0.3 is 4.74 Å². The lowest BCUT2D eigenvalue weighted by Crippen LogP contribution is -2.42. The van der Waals surface area contributed by atoms with Crippen LogP contribution in [0.3, 0.4) is 0 Å². The second-order valence-electron chi connectivity index (χ2n) is 4.78. The average molecular weight is 277 g/mol. The maximum atomic E-state index is 10.7. The van der Waals surface area contributed by atoms with E-state index in [1.165, 1.54) is 6.07 Å². The van der Waals surface area contributed by atoms with Crippen molar-refractivity contribution in [1.82, 2.24) is 5.32 Å². The summed E-state index contributed by atoms with van der Waals surface area (Å²) in [4.78, 5) is 10.3. The number of ether oxygens (including phenoxy) is 1. The van der Waals surface area contributed by atoms with Gasteiger partial charge in [-0.15, -0.1) is 0 Å². The summed E-state index contributed by atoms with van der Waals surface area (Å²) in [6, 6.07) is 6.86. The minimum absolute atomic E-state index is 0.0758. The molecule has 0 bridgehead atoms. The Morgan fingerprint density at radius 3 is 2.75 bits per heavy atom. The minimum Gasteiger partial charge on any atom is -0.493 e. The summed E-state index contributed by atoms with van der Waals surface area (Å²) in [5.41, 5.74) is 0.0130. The zero-order valence-corrected chi connectivity index (χ0v) is 12.0. The Kier molecular flexibility index (Phi) is 5.47. The monoisotopic (exact) mass is 277 g/mol. The lowest BCUT2D eigenvalue weighted by molar-refractivity contribution is -0.385. The van der Waals surface area contributed by atoms with E-state index in [-0.39, 0.29) is 5.69 Å². The Labute approximate surface area is 118 Å². The van der Waals surface area contributed by atoms with E-state index in [9.17, 15) is 10.1 Å². The quantitative estimate of drug-likeness (QED) is 0.611. The fourth-order valence-electron chi connectivity index (χ4n) is 1.87. The molecular formula is C14H19N3O3. The average Bonchev–Trinajstić information content (AvgIpc) is 2.38. The molecule has 108 valence electrons. The number of nitrogens with one attached hydrogen (secondary N) is 1. The van der Waals surface area contributed by atoms with Crippen LogP contribution in [0.5, 0.6) is 5.75 Å². The minimum atomic E-state index is -0.620. The zero-order chi connectivity index (χ0) is 15.2. The van der Waals surface area contributed by atoms with Crippen LogP contribution in [0.15, 0.2) is 18.2 Å². The molecule has 0 saturated heterocycles. The van der Waals surface area contributed by atoms with Gasteiger partial charge in [-0.2, -0.15) is 5.26 Å². The molecule has 6 heteroatoms. The van der Waals surface area contributed by atoms with Gasteiger partial charge >= 0.3 is 0 Å². The third-order valence-electron chi connectivity index (χ3n) is 3.05. The fraction of sp³-hybridized carbons (Fsp3) is 0.500. The summed E-state index contributed by atoms with van der Waals surface area (Å²) in [5.74, 6) is 0.574. The number of hydrogen-bond acceptors (Lipinski definition) is 5. The molecule has 0 fully saturated rings. The van der Waals surface area contributed by atoms with Crippen LogP contribution in [0.25, 0.3) is 0 Å². The van der Waals surface area contributed by atoms with Crippen LogP contribution in [0.2, 0.25) is 0 Å². The number of nitriles is 1. The van der Waals surface area contributed by atoms with Crippen LogP contribution in [-0.2, 0) is 0 Å². The molecule has 0 spiro atoms. The summed E-state index contributed by atoms with van der Waals surface area (Å²) in [7, 11) is 0. The molecule has 0 heterocycles. The largest absolute Gasteiger partial charge is 0.493 e. The molecule has 0 aliphatic carbocycles. The normalized spacial score (nSPS) is 13.3. The Bertz CT molecular complexity index is 525. The number of benzene rings is 1. The molecule has 1 atom stereocenters. The number of aryl methyl sites for hydroxylation is 1. The standard InChI is InChI=1S/C14H19N3O3/c1-4-16-14(3,10-15)7-8-20-12-5-6-13(17(18)19)11(2)9-12/h5-6,9,16H,4,7-8H2,1-3H3.